The molecule has 0 aromatic heterocycles. The van der Waals surface area contributed by atoms with Gasteiger partial charge in [-0.3, -0.25) is 0 Å². The molecule has 0 atom stereocenters. The molecule has 0 saturated heterocycles. The van der Waals surface area contributed by atoms with E-state index in [0.29, 0.717) is 8.64 Å². The third-order valence-corrected chi connectivity index (χ3v) is 1.26. The molecule has 0 aromatic carbocycles. The van der Waals surface area contributed by atoms with Crippen molar-refractivity contribution in [2.75, 3.05) is 13.1 Å². The monoisotopic (exact) mass is 322 g/mol. The summed E-state index contributed by atoms with van der Waals surface area (Å²) < 4.78 is 1.13. The van der Waals surface area contributed by atoms with Crippen LogP contribution in [0, 0.1) is 0 Å². The zero-order valence-corrected chi connectivity index (χ0v) is 12.7. The van der Waals surface area contributed by atoms with Gasteiger partial charge >= 0.3 is 0 Å². The summed E-state index contributed by atoms with van der Waals surface area (Å²) in [6.07, 6.45) is 0. The van der Waals surface area contributed by atoms with Gasteiger partial charge in [0, 0.05) is 30.2 Å². The standard InChI is InChI=1S/2C3H7NS2.Se/c2*1-2-4-3(5)6;/h2*2H2,1H3,(H2,4,5,6);. The molecule has 7 heteroatoms. The Morgan fingerprint density at radius 3 is 1.23 bits per heavy atom. The van der Waals surface area contributed by atoms with Crippen LogP contribution in [0.5, 0.6) is 0 Å². The Bertz CT molecular complexity index is 127. The first-order valence-corrected chi connectivity index (χ1v) is 5.19. The van der Waals surface area contributed by atoms with Gasteiger partial charge in [-0.05, 0) is 13.8 Å². The Balaban J connectivity index is -0.000000143. The minimum atomic E-state index is 0. The zero-order valence-electron chi connectivity index (χ0n) is 7.53. The van der Waals surface area contributed by atoms with Crippen molar-refractivity contribution in [2.45, 2.75) is 13.8 Å². The number of hydrogen-bond acceptors (Lipinski definition) is 2. The van der Waals surface area contributed by atoms with Gasteiger partial charge in [-0.25, -0.2) is 0 Å². The molecule has 13 heavy (non-hydrogen) atoms. The second kappa shape index (κ2) is 15.5. The van der Waals surface area contributed by atoms with E-state index in [-0.39, 0.29) is 17.1 Å². The van der Waals surface area contributed by atoms with Crippen molar-refractivity contribution in [3.8, 4) is 0 Å². The van der Waals surface area contributed by atoms with E-state index < -0.39 is 0 Å². The van der Waals surface area contributed by atoms with E-state index in [1.807, 2.05) is 13.8 Å². The van der Waals surface area contributed by atoms with Crippen LogP contribution in [-0.2, 0) is 0 Å². The summed E-state index contributed by atoms with van der Waals surface area (Å²) in [7, 11) is 0. The molecular formula is C6H14N2S4Se. The minimum Gasteiger partial charge on any atom is -0.371 e. The molecule has 0 fully saturated rings. The maximum absolute atomic E-state index is 4.55. The van der Waals surface area contributed by atoms with E-state index >= 15 is 0 Å². The number of rotatable bonds is 2. The number of thiocarbonyl (C=S) groups is 2. The Hall–Kier alpha value is 0.999. The number of nitrogens with one attached hydrogen (secondary N) is 2. The van der Waals surface area contributed by atoms with E-state index in [9.17, 15) is 0 Å². The van der Waals surface area contributed by atoms with Gasteiger partial charge in [-0.15, -0.1) is 25.3 Å². The van der Waals surface area contributed by atoms with Crippen molar-refractivity contribution in [1.29, 1.82) is 0 Å². The van der Waals surface area contributed by atoms with Crippen molar-refractivity contribution in [3.05, 3.63) is 0 Å². The molecule has 0 unspecified atom stereocenters. The van der Waals surface area contributed by atoms with Gasteiger partial charge < -0.3 is 10.6 Å². The molecule has 0 bridgehead atoms. The topological polar surface area (TPSA) is 24.1 Å². The van der Waals surface area contributed by atoms with Gasteiger partial charge in [0.25, 0.3) is 0 Å². The molecule has 0 spiro atoms. The zero-order chi connectivity index (χ0) is 9.98. The van der Waals surface area contributed by atoms with Crippen LogP contribution in [0.25, 0.3) is 0 Å². The van der Waals surface area contributed by atoms with Crippen LogP contribution in [0.3, 0.4) is 0 Å². The van der Waals surface area contributed by atoms with Crippen LogP contribution in [0.4, 0.5) is 0 Å². The Labute approximate surface area is 112 Å². The predicted octanol–water partition coefficient (Wildman–Crippen LogP) is 1.24. The molecule has 2 N–H and O–H groups in total. The maximum atomic E-state index is 4.55. The van der Waals surface area contributed by atoms with E-state index in [0.717, 1.165) is 13.1 Å². The third kappa shape index (κ3) is 32.1. The number of hydrogen-bond donors (Lipinski definition) is 4. The molecule has 0 aliphatic rings. The Morgan fingerprint density at radius 1 is 1.00 bits per heavy atom. The van der Waals surface area contributed by atoms with Crippen LogP contribution in [0.1, 0.15) is 13.8 Å². The largest absolute Gasteiger partial charge is 0.371 e. The summed E-state index contributed by atoms with van der Waals surface area (Å²) in [6.45, 7) is 5.68. The molecule has 0 rings (SSSR count). The second-order valence-electron chi connectivity index (χ2n) is 1.67. The first-order chi connectivity index (χ1) is 5.54. The predicted molar refractivity (Wildman–Crippen MR) is 76.3 cm³/mol. The van der Waals surface area contributed by atoms with E-state index in [2.05, 4.69) is 60.3 Å². The summed E-state index contributed by atoms with van der Waals surface area (Å²) in [5, 5.41) is 5.61. The van der Waals surface area contributed by atoms with Crippen LogP contribution in [-0.4, -0.2) is 38.8 Å². The molecule has 0 heterocycles. The third-order valence-electron chi connectivity index (χ3n) is 0.656. The molecular weight excluding hydrogens is 307 g/mol. The van der Waals surface area contributed by atoms with Gasteiger partial charge in [-0.1, -0.05) is 24.4 Å². The van der Waals surface area contributed by atoms with Crippen LogP contribution in [0.2, 0.25) is 0 Å². The quantitative estimate of drug-likeness (QED) is 0.349. The van der Waals surface area contributed by atoms with Gasteiger partial charge in [0.15, 0.2) is 0 Å². The van der Waals surface area contributed by atoms with E-state index in [4.69, 9.17) is 0 Å². The first kappa shape index (κ1) is 19.6. The fraction of sp³-hybridized carbons (Fsp3) is 0.667. The van der Waals surface area contributed by atoms with E-state index in [1.54, 1.807) is 0 Å². The summed E-state index contributed by atoms with van der Waals surface area (Å²) in [5.74, 6) is 0. The minimum absolute atomic E-state index is 0. The molecule has 78 valence electrons. The molecule has 0 amide bonds. The average Bonchev–Trinajstić information content (AvgIpc) is 1.87. The van der Waals surface area contributed by atoms with Crippen LogP contribution >= 0.6 is 49.7 Å². The molecule has 2 nitrogen and oxygen atoms in total. The van der Waals surface area contributed by atoms with Crippen molar-refractivity contribution in [3.63, 3.8) is 0 Å². The normalized spacial score (nSPS) is 7.08. The van der Waals surface area contributed by atoms with Gasteiger partial charge in [0.1, 0.15) is 8.64 Å². The fourth-order valence-corrected chi connectivity index (χ4v) is 0.907. The smallest absolute Gasteiger partial charge is 0.130 e. The SMILES string of the molecule is CCNC(=S)S.CCNC(=S)S.[Se]. The molecule has 0 aliphatic carbocycles. The Morgan fingerprint density at radius 2 is 1.23 bits per heavy atom. The van der Waals surface area contributed by atoms with Gasteiger partial charge in [-0.2, -0.15) is 0 Å². The van der Waals surface area contributed by atoms with Crippen LogP contribution < -0.4 is 10.6 Å². The second-order valence-corrected chi connectivity index (χ2v) is 3.99. The van der Waals surface area contributed by atoms with E-state index in [1.165, 1.54) is 0 Å². The fourth-order valence-electron chi connectivity index (χ4n) is 0.302. The molecule has 0 aromatic rings. The van der Waals surface area contributed by atoms with Crippen LogP contribution in [0.15, 0.2) is 0 Å². The molecule has 2 radical (unpaired) electrons. The average molecular weight is 321 g/mol. The summed E-state index contributed by atoms with van der Waals surface area (Å²) in [5.41, 5.74) is 0. The molecule has 0 aliphatic heterocycles. The van der Waals surface area contributed by atoms with Gasteiger partial charge in [0.2, 0.25) is 0 Å². The van der Waals surface area contributed by atoms with Crippen molar-refractivity contribution >= 4 is 75.4 Å². The first-order valence-electron chi connectivity index (χ1n) is 3.48. The van der Waals surface area contributed by atoms with Crippen molar-refractivity contribution in [1.82, 2.24) is 10.6 Å². The van der Waals surface area contributed by atoms with Crippen molar-refractivity contribution < 1.29 is 0 Å². The molecule has 0 saturated carbocycles. The maximum Gasteiger partial charge on any atom is 0.130 e. The summed E-state index contributed by atoms with van der Waals surface area (Å²) in [4.78, 5) is 0. The Kier molecular flexibility index (Phi) is 23.3. The van der Waals surface area contributed by atoms with Crippen molar-refractivity contribution in [2.24, 2.45) is 0 Å². The summed E-state index contributed by atoms with van der Waals surface area (Å²) in [6, 6.07) is 0. The van der Waals surface area contributed by atoms with Gasteiger partial charge in [0.05, 0.1) is 0 Å². The number of thiol groups is 2. The summed E-state index contributed by atoms with van der Waals surface area (Å²) >= 11 is 16.7.